The zero-order valence-electron chi connectivity index (χ0n) is 33.3. The van der Waals surface area contributed by atoms with E-state index in [0.29, 0.717) is 0 Å². The standard InChI is InChI=1S/C57H39NO2/c1-57(2)49-20-9-6-17-44(49)45-29-28-42(35-50(45)57)58(41-26-23-37(24-27-41)36-13-4-3-5-14-36)51-31-30-43(56-55(51)47-19-8-11-22-53(47)60-56)40-16-12-15-38(33-40)39-25-32-54-48(34-39)46-18-7-10-21-52(46)59-54/h3-35H,1-2H3. The maximum absolute atomic E-state index is 6.93. The highest BCUT2D eigenvalue weighted by Crippen LogP contribution is 2.52. The molecule has 0 N–H and O–H groups in total. The molecule has 0 saturated carbocycles. The molecule has 0 spiro atoms. The van der Waals surface area contributed by atoms with Crippen LogP contribution in [0.5, 0.6) is 0 Å². The molecule has 11 aromatic rings. The maximum Gasteiger partial charge on any atom is 0.145 e. The summed E-state index contributed by atoms with van der Waals surface area (Å²) in [5, 5.41) is 4.40. The Morgan fingerprint density at radius 3 is 1.82 bits per heavy atom. The molecule has 1 aliphatic rings. The van der Waals surface area contributed by atoms with Crippen LogP contribution < -0.4 is 4.90 Å². The summed E-state index contributed by atoms with van der Waals surface area (Å²) >= 11 is 0. The molecular weight excluding hydrogens is 731 g/mol. The van der Waals surface area contributed by atoms with Crippen molar-refractivity contribution in [3.05, 3.63) is 211 Å². The summed E-state index contributed by atoms with van der Waals surface area (Å²) in [5.41, 5.74) is 18.7. The van der Waals surface area contributed by atoms with Crippen molar-refractivity contribution in [1.29, 1.82) is 0 Å². The van der Waals surface area contributed by atoms with E-state index in [1.165, 1.54) is 33.4 Å². The van der Waals surface area contributed by atoms with Gasteiger partial charge in [0.2, 0.25) is 0 Å². The molecule has 0 radical (unpaired) electrons. The van der Waals surface area contributed by atoms with E-state index in [2.05, 4.69) is 207 Å². The molecule has 0 amide bonds. The zero-order valence-corrected chi connectivity index (χ0v) is 33.3. The molecule has 0 atom stereocenters. The number of para-hydroxylation sites is 2. The van der Waals surface area contributed by atoms with Crippen molar-refractivity contribution in [2.24, 2.45) is 0 Å². The Morgan fingerprint density at radius 1 is 0.367 bits per heavy atom. The number of fused-ring (bicyclic) bond motifs is 9. The Hall–Kier alpha value is -7.62. The number of hydrogen-bond acceptors (Lipinski definition) is 3. The summed E-state index contributed by atoms with van der Waals surface area (Å²) in [6, 6.07) is 71.9. The van der Waals surface area contributed by atoms with Gasteiger partial charge in [-0.05, 0) is 117 Å². The number of hydrogen-bond donors (Lipinski definition) is 0. The van der Waals surface area contributed by atoms with Crippen LogP contribution in [0.4, 0.5) is 17.1 Å². The molecule has 0 bridgehead atoms. The van der Waals surface area contributed by atoms with Gasteiger partial charge >= 0.3 is 0 Å². The van der Waals surface area contributed by atoms with Crippen LogP contribution in [-0.4, -0.2) is 0 Å². The lowest BCUT2D eigenvalue weighted by Gasteiger charge is -2.29. The third-order valence-electron chi connectivity index (χ3n) is 12.7. The van der Waals surface area contributed by atoms with Gasteiger partial charge in [-0.1, -0.05) is 147 Å². The maximum atomic E-state index is 6.93. The molecule has 3 heteroatoms. The molecule has 2 heterocycles. The van der Waals surface area contributed by atoms with Gasteiger partial charge in [0.05, 0.1) is 11.1 Å². The van der Waals surface area contributed by atoms with Gasteiger partial charge in [0.15, 0.2) is 0 Å². The Kier molecular flexibility index (Phi) is 7.58. The predicted molar refractivity (Wildman–Crippen MR) is 250 cm³/mol. The first-order valence-corrected chi connectivity index (χ1v) is 20.7. The van der Waals surface area contributed by atoms with Crippen LogP contribution in [-0.2, 0) is 5.41 Å². The second kappa shape index (κ2) is 13.2. The fourth-order valence-corrected chi connectivity index (χ4v) is 9.69. The van der Waals surface area contributed by atoms with Crippen LogP contribution in [0.2, 0.25) is 0 Å². The molecule has 2 aromatic heterocycles. The van der Waals surface area contributed by atoms with E-state index < -0.39 is 0 Å². The van der Waals surface area contributed by atoms with Crippen molar-refractivity contribution in [1.82, 2.24) is 0 Å². The van der Waals surface area contributed by atoms with E-state index >= 15 is 0 Å². The normalized spacial score (nSPS) is 13.0. The highest BCUT2D eigenvalue weighted by Gasteiger charge is 2.36. The molecule has 0 fully saturated rings. The Bertz CT molecular complexity index is 3460. The van der Waals surface area contributed by atoms with Crippen LogP contribution in [0.25, 0.3) is 88.4 Å². The zero-order chi connectivity index (χ0) is 40.0. The summed E-state index contributed by atoms with van der Waals surface area (Å²) < 4.78 is 13.1. The first kappa shape index (κ1) is 34.4. The number of anilines is 3. The number of furan rings is 2. The Balaban J connectivity index is 1.05. The summed E-state index contributed by atoms with van der Waals surface area (Å²) in [6.45, 7) is 4.70. The van der Waals surface area contributed by atoms with E-state index in [0.717, 1.165) is 83.2 Å². The third kappa shape index (κ3) is 5.29. The van der Waals surface area contributed by atoms with Crippen molar-refractivity contribution < 1.29 is 8.83 Å². The lowest BCUT2D eigenvalue weighted by molar-refractivity contribution is 0.660. The number of rotatable bonds is 6. The lowest BCUT2D eigenvalue weighted by Crippen LogP contribution is -2.16. The predicted octanol–water partition coefficient (Wildman–Crippen LogP) is 16.3. The number of nitrogens with zero attached hydrogens (tertiary/aromatic N) is 1. The van der Waals surface area contributed by atoms with Crippen LogP contribution >= 0.6 is 0 Å². The topological polar surface area (TPSA) is 29.5 Å². The summed E-state index contributed by atoms with van der Waals surface area (Å²) in [6.07, 6.45) is 0. The molecular formula is C57H39NO2. The van der Waals surface area contributed by atoms with Gasteiger partial charge in [-0.25, -0.2) is 0 Å². The van der Waals surface area contributed by atoms with Crippen molar-refractivity contribution in [2.45, 2.75) is 19.3 Å². The van der Waals surface area contributed by atoms with Gasteiger partial charge in [-0.2, -0.15) is 0 Å². The molecule has 284 valence electrons. The smallest absolute Gasteiger partial charge is 0.145 e. The highest BCUT2D eigenvalue weighted by molar-refractivity contribution is 6.17. The average Bonchev–Trinajstić information content (AvgIpc) is 3.95. The monoisotopic (exact) mass is 769 g/mol. The van der Waals surface area contributed by atoms with Crippen LogP contribution in [0.3, 0.4) is 0 Å². The first-order valence-electron chi connectivity index (χ1n) is 20.7. The van der Waals surface area contributed by atoms with E-state index in [1.807, 2.05) is 12.1 Å². The second-order valence-electron chi connectivity index (χ2n) is 16.5. The fourth-order valence-electron chi connectivity index (χ4n) is 9.69. The van der Waals surface area contributed by atoms with Crippen molar-refractivity contribution in [3.8, 4) is 44.5 Å². The molecule has 1 aliphatic carbocycles. The van der Waals surface area contributed by atoms with Crippen LogP contribution in [0, 0.1) is 0 Å². The number of benzene rings is 9. The third-order valence-corrected chi connectivity index (χ3v) is 12.7. The van der Waals surface area contributed by atoms with Crippen LogP contribution in [0.15, 0.2) is 209 Å². The van der Waals surface area contributed by atoms with Gasteiger partial charge in [0, 0.05) is 38.5 Å². The van der Waals surface area contributed by atoms with Crippen LogP contribution in [0.1, 0.15) is 25.0 Å². The van der Waals surface area contributed by atoms with Crippen molar-refractivity contribution in [3.63, 3.8) is 0 Å². The summed E-state index contributed by atoms with van der Waals surface area (Å²) in [7, 11) is 0. The van der Waals surface area contributed by atoms with Crippen molar-refractivity contribution in [2.75, 3.05) is 4.90 Å². The Labute approximate surface area is 348 Å². The highest BCUT2D eigenvalue weighted by atomic mass is 16.3. The SMILES string of the molecule is CC1(C)c2ccccc2-c2ccc(N(c3ccc(-c4ccccc4)cc3)c3ccc(-c4cccc(-c5ccc6oc7ccccc7c6c5)c4)c4oc5ccccc5c34)cc21. The molecule has 0 unspecified atom stereocenters. The molecule has 60 heavy (non-hydrogen) atoms. The minimum absolute atomic E-state index is 0.146. The molecule has 12 rings (SSSR count). The van der Waals surface area contributed by atoms with E-state index in [-0.39, 0.29) is 5.41 Å². The molecule has 3 nitrogen and oxygen atoms in total. The molecule has 0 aliphatic heterocycles. The van der Waals surface area contributed by atoms with E-state index in [4.69, 9.17) is 8.83 Å². The van der Waals surface area contributed by atoms with Gasteiger partial charge in [-0.15, -0.1) is 0 Å². The van der Waals surface area contributed by atoms with Gasteiger partial charge in [0.25, 0.3) is 0 Å². The lowest BCUT2D eigenvalue weighted by atomic mass is 9.82. The fraction of sp³-hybridized carbons (Fsp3) is 0.0526. The minimum Gasteiger partial charge on any atom is -0.456 e. The summed E-state index contributed by atoms with van der Waals surface area (Å²) in [4.78, 5) is 2.42. The average molecular weight is 770 g/mol. The largest absolute Gasteiger partial charge is 0.456 e. The molecule has 0 saturated heterocycles. The summed E-state index contributed by atoms with van der Waals surface area (Å²) in [5.74, 6) is 0. The van der Waals surface area contributed by atoms with E-state index in [1.54, 1.807) is 0 Å². The quantitative estimate of drug-likeness (QED) is 0.169. The van der Waals surface area contributed by atoms with Gasteiger partial charge in [-0.3, -0.25) is 0 Å². The van der Waals surface area contributed by atoms with Crippen molar-refractivity contribution >= 4 is 60.9 Å². The van der Waals surface area contributed by atoms with Gasteiger partial charge in [0.1, 0.15) is 22.3 Å². The second-order valence-corrected chi connectivity index (χ2v) is 16.5. The Morgan fingerprint density at radius 2 is 0.967 bits per heavy atom. The molecule has 9 aromatic carbocycles. The first-order chi connectivity index (χ1) is 29.5. The minimum atomic E-state index is -0.146. The van der Waals surface area contributed by atoms with Gasteiger partial charge < -0.3 is 13.7 Å². The van der Waals surface area contributed by atoms with E-state index in [9.17, 15) is 0 Å².